The third-order valence-electron chi connectivity index (χ3n) is 6.29. The molecule has 0 radical (unpaired) electrons. The van der Waals surface area contributed by atoms with Crippen LogP contribution in [0.2, 0.25) is 0 Å². The standard InChI is InChI=1S/C25H30N2O2/c1-4-5-8-17-29-20-13-11-19(12-14-20)15-16-25-24(2,3)21-9-6-7-10-22(21)27(25)18-23(28)26-25/h6-7,9-16H,4-5,8,17-18H2,1-3H3,(H,26,28)/t25-/m0/s1. The summed E-state index contributed by atoms with van der Waals surface area (Å²) in [5.74, 6) is 0.967. The van der Waals surface area contributed by atoms with E-state index in [-0.39, 0.29) is 11.3 Å². The smallest absolute Gasteiger partial charge is 0.241 e. The number of para-hydroxylation sites is 1. The van der Waals surface area contributed by atoms with Crippen molar-refractivity contribution in [3.05, 3.63) is 65.7 Å². The highest BCUT2D eigenvalue weighted by Gasteiger charge is 2.59. The number of benzene rings is 2. The maximum Gasteiger partial charge on any atom is 0.241 e. The number of unbranched alkanes of at least 4 members (excludes halogenated alkanes) is 2. The van der Waals surface area contributed by atoms with Crippen LogP contribution in [0, 0.1) is 0 Å². The summed E-state index contributed by atoms with van der Waals surface area (Å²) in [6.45, 7) is 7.75. The molecule has 2 aromatic rings. The number of fused-ring (bicyclic) bond motifs is 3. The molecule has 1 saturated heterocycles. The summed E-state index contributed by atoms with van der Waals surface area (Å²) < 4.78 is 5.81. The summed E-state index contributed by atoms with van der Waals surface area (Å²) in [4.78, 5) is 14.6. The molecule has 2 heterocycles. The monoisotopic (exact) mass is 390 g/mol. The van der Waals surface area contributed by atoms with Gasteiger partial charge in [-0.05, 0) is 41.8 Å². The van der Waals surface area contributed by atoms with Gasteiger partial charge in [0.15, 0.2) is 0 Å². The van der Waals surface area contributed by atoms with Gasteiger partial charge in [-0.1, -0.05) is 70.0 Å². The van der Waals surface area contributed by atoms with Gasteiger partial charge in [-0.2, -0.15) is 0 Å². The molecule has 1 atom stereocenters. The summed E-state index contributed by atoms with van der Waals surface area (Å²) in [5, 5.41) is 3.26. The van der Waals surface area contributed by atoms with Crippen molar-refractivity contribution in [3.8, 4) is 5.75 Å². The van der Waals surface area contributed by atoms with Crippen LogP contribution in [0.5, 0.6) is 5.75 Å². The minimum absolute atomic E-state index is 0.0630. The van der Waals surface area contributed by atoms with E-state index in [9.17, 15) is 4.79 Å². The van der Waals surface area contributed by atoms with Crippen molar-refractivity contribution < 1.29 is 9.53 Å². The van der Waals surface area contributed by atoms with E-state index < -0.39 is 5.66 Å². The quantitative estimate of drug-likeness (QED) is 0.684. The first-order valence-electron chi connectivity index (χ1n) is 10.6. The molecule has 4 rings (SSSR count). The number of ether oxygens (including phenoxy) is 1. The maximum atomic E-state index is 12.4. The number of carbonyl (C=O) groups excluding carboxylic acids is 1. The second kappa shape index (κ2) is 7.58. The molecular weight excluding hydrogens is 360 g/mol. The number of hydrogen-bond donors (Lipinski definition) is 1. The zero-order valence-electron chi connectivity index (χ0n) is 17.6. The second-order valence-corrected chi connectivity index (χ2v) is 8.50. The van der Waals surface area contributed by atoms with Gasteiger partial charge in [0.25, 0.3) is 0 Å². The van der Waals surface area contributed by atoms with Crippen LogP contribution in [0.3, 0.4) is 0 Å². The van der Waals surface area contributed by atoms with E-state index >= 15 is 0 Å². The maximum absolute atomic E-state index is 12.4. The predicted molar refractivity (Wildman–Crippen MR) is 118 cm³/mol. The third-order valence-corrected chi connectivity index (χ3v) is 6.29. The number of hydrogen-bond acceptors (Lipinski definition) is 3. The predicted octanol–water partition coefficient (Wildman–Crippen LogP) is 4.89. The van der Waals surface area contributed by atoms with Crippen LogP contribution >= 0.6 is 0 Å². The fourth-order valence-electron chi connectivity index (χ4n) is 4.57. The largest absolute Gasteiger partial charge is 0.494 e. The van der Waals surface area contributed by atoms with Gasteiger partial charge in [0, 0.05) is 11.1 Å². The second-order valence-electron chi connectivity index (χ2n) is 8.50. The van der Waals surface area contributed by atoms with E-state index in [0.29, 0.717) is 6.54 Å². The molecule has 4 heteroatoms. The Morgan fingerprint density at radius 3 is 2.62 bits per heavy atom. The lowest BCUT2D eigenvalue weighted by atomic mass is 9.75. The van der Waals surface area contributed by atoms with Crippen LogP contribution in [0.25, 0.3) is 6.08 Å². The molecular formula is C25H30N2O2. The van der Waals surface area contributed by atoms with E-state index in [2.05, 4.69) is 73.5 Å². The van der Waals surface area contributed by atoms with E-state index in [1.807, 2.05) is 18.2 Å². The number of rotatable bonds is 7. The summed E-state index contributed by atoms with van der Waals surface area (Å²) in [6.07, 6.45) is 7.74. The Morgan fingerprint density at radius 1 is 1.10 bits per heavy atom. The van der Waals surface area contributed by atoms with Gasteiger partial charge in [-0.15, -0.1) is 0 Å². The Kier molecular flexibility index (Phi) is 5.12. The molecule has 0 saturated carbocycles. The van der Waals surface area contributed by atoms with Gasteiger partial charge in [0.1, 0.15) is 11.4 Å². The Bertz CT molecular complexity index is 917. The average Bonchev–Trinajstić information content (AvgIpc) is 3.15. The molecule has 0 aromatic heterocycles. The number of carbonyl (C=O) groups is 1. The molecule has 1 amide bonds. The average molecular weight is 391 g/mol. The van der Waals surface area contributed by atoms with E-state index in [0.717, 1.165) is 30.0 Å². The molecule has 2 aromatic carbocycles. The Morgan fingerprint density at radius 2 is 1.86 bits per heavy atom. The fraction of sp³-hybridized carbons (Fsp3) is 0.400. The molecule has 0 spiro atoms. The molecule has 2 aliphatic heterocycles. The normalized spacial score (nSPS) is 21.9. The Balaban J connectivity index is 1.56. The highest BCUT2D eigenvalue weighted by Crippen LogP contribution is 2.52. The molecule has 29 heavy (non-hydrogen) atoms. The number of anilines is 1. The lowest BCUT2D eigenvalue weighted by Gasteiger charge is -2.40. The molecule has 4 nitrogen and oxygen atoms in total. The zero-order valence-corrected chi connectivity index (χ0v) is 17.6. The molecule has 0 aliphatic carbocycles. The van der Waals surface area contributed by atoms with Crippen molar-refractivity contribution in [2.24, 2.45) is 0 Å². The highest BCUT2D eigenvalue weighted by atomic mass is 16.5. The van der Waals surface area contributed by atoms with Gasteiger partial charge in [-0.25, -0.2) is 0 Å². The summed E-state index contributed by atoms with van der Waals surface area (Å²) in [6, 6.07) is 16.6. The van der Waals surface area contributed by atoms with E-state index in [4.69, 9.17) is 4.74 Å². The molecule has 0 bridgehead atoms. The first kappa shape index (κ1) is 19.6. The number of nitrogens with one attached hydrogen (secondary N) is 1. The molecule has 1 N–H and O–H groups in total. The van der Waals surface area contributed by atoms with Crippen molar-refractivity contribution >= 4 is 17.7 Å². The molecule has 152 valence electrons. The van der Waals surface area contributed by atoms with Crippen LogP contribution in [0.4, 0.5) is 5.69 Å². The van der Waals surface area contributed by atoms with Crippen molar-refractivity contribution in [1.82, 2.24) is 5.32 Å². The van der Waals surface area contributed by atoms with Crippen molar-refractivity contribution in [3.63, 3.8) is 0 Å². The van der Waals surface area contributed by atoms with E-state index in [1.165, 1.54) is 18.4 Å². The van der Waals surface area contributed by atoms with Crippen LogP contribution in [0.15, 0.2) is 54.6 Å². The molecule has 2 aliphatic rings. The number of nitrogens with zero attached hydrogens (tertiary/aromatic N) is 1. The Hall–Kier alpha value is -2.75. The van der Waals surface area contributed by atoms with Crippen molar-refractivity contribution in [2.45, 2.75) is 51.1 Å². The SMILES string of the molecule is CCCCCOc1ccc(C=C[C@]23NC(=O)CN2c2ccccc2C3(C)C)cc1. The minimum atomic E-state index is -0.552. The first-order chi connectivity index (χ1) is 14.0. The topological polar surface area (TPSA) is 41.6 Å². The highest BCUT2D eigenvalue weighted by molar-refractivity contribution is 5.91. The Labute approximate surface area is 173 Å². The fourth-order valence-corrected chi connectivity index (χ4v) is 4.57. The van der Waals surface area contributed by atoms with Gasteiger partial charge in [0.05, 0.1) is 13.2 Å². The van der Waals surface area contributed by atoms with Gasteiger partial charge >= 0.3 is 0 Å². The summed E-state index contributed by atoms with van der Waals surface area (Å²) in [5.41, 5.74) is 2.70. The lowest BCUT2D eigenvalue weighted by Crippen LogP contribution is -2.58. The summed E-state index contributed by atoms with van der Waals surface area (Å²) >= 11 is 0. The minimum Gasteiger partial charge on any atom is -0.494 e. The van der Waals surface area contributed by atoms with Crippen LogP contribution in [-0.4, -0.2) is 24.7 Å². The van der Waals surface area contributed by atoms with Crippen LogP contribution in [-0.2, 0) is 10.2 Å². The third kappa shape index (κ3) is 3.31. The summed E-state index contributed by atoms with van der Waals surface area (Å²) in [7, 11) is 0. The van der Waals surface area contributed by atoms with Gasteiger partial charge in [-0.3, -0.25) is 4.79 Å². The molecule has 0 unspecified atom stereocenters. The van der Waals surface area contributed by atoms with Crippen molar-refractivity contribution in [1.29, 1.82) is 0 Å². The van der Waals surface area contributed by atoms with Crippen LogP contribution in [0.1, 0.15) is 51.2 Å². The van der Waals surface area contributed by atoms with E-state index in [1.54, 1.807) is 0 Å². The van der Waals surface area contributed by atoms with Gasteiger partial charge in [0.2, 0.25) is 5.91 Å². The van der Waals surface area contributed by atoms with Gasteiger partial charge < -0.3 is 15.0 Å². The zero-order chi connectivity index (χ0) is 20.5. The lowest BCUT2D eigenvalue weighted by molar-refractivity contribution is -0.118. The van der Waals surface area contributed by atoms with Crippen molar-refractivity contribution in [2.75, 3.05) is 18.1 Å². The number of amides is 1. The molecule has 1 fully saturated rings. The first-order valence-corrected chi connectivity index (χ1v) is 10.6. The van der Waals surface area contributed by atoms with Crippen LogP contribution < -0.4 is 15.0 Å².